The highest BCUT2D eigenvalue weighted by molar-refractivity contribution is 8.18. The summed E-state index contributed by atoms with van der Waals surface area (Å²) in [6.07, 6.45) is 4.86. The van der Waals surface area contributed by atoms with Crippen molar-refractivity contribution >= 4 is 35.0 Å². The Labute approximate surface area is 156 Å². The van der Waals surface area contributed by atoms with E-state index in [-0.39, 0.29) is 4.91 Å². The van der Waals surface area contributed by atoms with E-state index in [1.807, 2.05) is 24.3 Å². The summed E-state index contributed by atoms with van der Waals surface area (Å²) in [5.41, 5.74) is 1.91. The maximum atomic E-state index is 11.7. The number of carbonyl (C=O) groups is 2. The number of amidine groups is 1. The minimum atomic E-state index is -0.593. The van der Waals surface area contributed by atoms with Crippen LogP contribution in [0.1, 0.15) is 30.9 Å². The van der Waals surface area contributed by atoms with E-state index in [1.54, 1.807) is 6.21 Å². The lowest BCUT2D eigenvalue weighted by atomic mass is 10.1. The molecule has 138 valence electrons. The number of amides is 1. The highest BCUT2D eigenvalue weighted by Gasteiger charge is 2.24. The van der Waals surface area contributed by atoms with Crippen molar-refractivity contribution < 1.29 is 19.1 Å². The Balaban J connectivity index is 2.00. The van der Waals surface area contributed by atoms with Crippen molar-refractivity contribution in [3.63, 3.8) is 0 Å². The number of nitrogens with zero attached hydrogens (tertiary/aromatic N) is 2. The third-order valence-electron chi connectivity index (χ3n) is 3.40. The predicted molar refractivity (Wildman–Crippen MR) is 102 cm³/mol. The van der Waals surface area contributed by atoms with E-state index < -0.39 is 11.9 Å². The number of ether oxygens (including phenoxy) is 2. The molecule has 1 N–H and O–H groups in total. The fourth-order valence-electron chi connectivity index (χ4n) is 2.00. The van der Waals surface area contributed by atoms with Crippen molar-refractivity contribution in [1.29, 1.82) is 0 Å². The third kappa shape index (κ3) is 6.12. The van der Waals surface area contributed by atoms with Crippen LogP contribution >= 0.6 is 11.8 Å². The normalized spacial score (nSPS) is 17.2. The summed E-state index contributed by atoms with van der Waals surface area (Å²) < 4.78 is 10.2. The van der Waals surface area contributed by atoms with Crippen molar-refractivity contribution in [2.45, 2.75) is 26.4 Å². The number of esters is 1. The summed E-state index contributed by atoms with van der Waals surface area (Å²) in [4.78, 5) is 23.2. The second-order valence-electron chi connectivity index (χ2n) is 5.34. The van der Waals surface area contributed by atoms with Crippen molar-refractivity contribution in [2.24, 2.45) is 10.2 Å². The monoisotopic (exact) mass is 375 g/mol. The van der Waals surface area contributed by atoms with Crippen LogP contribution in [0, 0.1) is 0 Å². The topological polar surface area (TPSA) is 89.4 Å². The Bertz CT molecular complexity index is 744. The highest BCUT2D eigenvalue weighted by atomic mass is 32.2. The number of hydrogen-bond acceptors (Lipinski definition) is 7. The molecule has 0 radical (unpaired) electrons. The second kappa shape index (κ2) is 10.5. The molecular formula is C18H21N3O4S. The molecule has 0 spiro atoms. The van der Waals surface area contributed by atoms with E-state index in [1.165, 1.54) is 7.11 Å². The Morgan fingerprint density at radius 2 is 2.15 bits per heavy atom. The summed E-state index contributed by atoms with van der Waals surface area (Å²) in [7, 11) is 1.25. The lowest BCUT2D eigenvalue weighted by molar-refractivity contribution is -0.135. The molecule has 1 amide bonds. The van der Waals surface area contributed by atoms with Crippen LogP contribution in [0.3, 0.4) is 0 Å². The SMILES string of the molecule is CCCCOCc1ccccc1C=N/N=C1/NC(=O)/C(=C\C(=O)OC)S1. The van der Waals surface area contributed by atoms with Gasteiger partial charge in [0.1, 0.15) is 0 Å². The van der Waals surface area contributed by atoms with Crippen LogP contribution in [0.25, 0.3) is 0 Å². The molecule has 26 heavy (non-hydrogen) atoms. The van der Waals surface area contributed by atoms with Crippen LogP contribution in [0.5, 0.6) is 0 Å². The molecule has 0 bridgehead atoms. The minimum Gasteiger partial charge on any atom is -0.466 e. The van der Waals surface area contributed by atoms with Gasteiger partial charge in [0, 0.05) is 18.2 Å². The molecule has 1 aliphatic rings. The van der Waals surface area contributed by atoms with Crippen molar-refractivity contribution in [3.8, 4) is 0 Å². The quantitative estimate of drug-likeness (QED) is 0.248. The van der Waals surface area contributed by atoms with Gasteiger partial charge in [-0.3, -0.25) is 10.1 Å². The van der Waals surface area contributed by atoms with Gasteiger partial charge in [0.15, 0.2) is 5.17 Å². The Morgan fingerprint density at radius 3 is 2.92 bits per heavy atom. The van der Waals surface area contributed by atoms with Crippen molar-refractivity contribution in [3.05, 3.63) is 46.4 Å². The van der Waals surface area contributed by atoms with Crippen LogP contribution in [0.2, 0.25) is 0 Å². The molecule has 2 rings (SSSR count). The molecule has 8 heteroatoms. The summed E-state index contributed by atoms with van der Waals surface area (Å²) in [6.45, 7) is 3.35. The molecule has 1 aromatic carbocycles. The van der Waals surface area contributed by atoms with E-state index in [0.717, 1.165) is 48.4 Å². The van der Waals surface area contributed by atoms with E-state index >= 15 is 0 Å². The average Bonchev–Trinajstić information content (AvgIpc) is 2.99. The van der Waals surface area contributed by atoms with Gasteiger partial charge in [0.2, 0.25) is 0 Å². The Kier molecular flexibility index (Phi) is 8.04. The van der Waals surface area contributed by atoms with Gasteiger partial charge in [0.25, 0.3) is 5.91 Å². The van der Waals surface area contributed by atoms with Crippen LogP contribution in [-0.2, 0) is 25.7 Å². The van der Waals surface area contributed by atoms with Gasteiger partial charge in [0.05, 0.1) is 24.8 Å². The maximum Gasteiger partial charge on any atom is 0.331 e. The number of benzene rings is 1. The van der Waals surface area contributed by atoms with Gasteiger partial charge in [-0.05, 0) is 23.7 Å². The lowest BCUT2D eigenvalue weighted by Gasteiger charge is -2.06. The zero-order valence-corrected chi connectivity index (χ0v) is 15.5. The first kappa shape index (κ1) is 19.9. The number of unbranched alkanes of at least 4 members (excludes halogenated alkanes) is 1. The van der Waals surface area contributed by atoms with Crippen LogP contribution in [0.4, 0.5) is 0 Å². The molecule has 1 saturated heterocycles. The first-order valence-corrected chi connectivity index (χ1v) is 9.01. The predicted octanol–water partition coefficient (Wildman–Crippen LogP) is 2.61. The molecule has 1 heterocycles. The molecule has 1 fully saturated rings. The molecule has 0 aromatic heterocycles. The summed E-state index contributed by atoms with van der Waals surface area (Å²) >= 11 is 1.03. The smallest absolute Gasteiger partial charge is 0.331 e. The van der Waals surface area contributed by atoms with Crippen LogP contribution in [0.15, 0.2) is 45.4 Å². The maximum absolute atomic E-state index is 11.7. The minimum absolute atomic E-state index is 0.218. The molecule has 1 aromatic rings. The van der Waals surface area contributed by atoms with Gasteiger partial charge < -0.3 is 9.47 Å². The molecule has 0 aliphatic carbocycles. The zero-order chi connectivity index (χ0) is 18.8. The van der Waals surface area contributed by atoms with Gasteiger partial charge in [-0.1, -0.05) is 37.6 Å². The fraction of sp³-hybridized carbons (Fsp3) is 0.333. The van der Waals surface area contributed by atoms with Crippen LogP contribution in [-0.4, -0.2) is 37.0 Å². The van der Waals surface area contributed by atoms with E-state index in [2.05, 4.69) is 27.2 Å². The molecule has 0 saturated carbocycles. The molecule has 7 nitrogen and oxygen atoms in total. The average molecular weight is 375 g/mol. The van der Waals surface area contributed by atoms with Gasteiger partial charge >= 0.3 is 5.97 Å². The molecule has 0 unspecified atom stereocenters. The fourth-order valence-corrected chi connectivity index (χ4v) is 2.74. The van der Waals surface area contributed by atoms with E-state index in [9.17, 15) is 9.59 Å². The molecule has 1 aliphatic heterocycles. The van der Waals surface area contributed by atoms with Crippen molar-refractivity contribution in [1.82, 2.24) is 5.32 Å². The lowest BCUT2D eigenvalue weighted by Crippen LogP contribution is -2.19. The van der Waals surface area contributed by atoms with Crippen molar-refractivity contribution in [2.75, 3.05) is 13.7 Å². The number of methoxy groups -OCH3 is 1. The number of hydrogen-bond donors (Lipinski definition) is 1. The number of thioether (sulfide) groups is 1. The third-order valence-corrected chi connectivity index (χ3v) is 4.30. The summed E-state index contributed by atoms with van der Waals surface area (Å²) in [5, 5.41) is 10.9. The van der Waals surface area contributed by atoms with E-state index in [4.69, 9.17) is 4.74 Å². The van der Waals surface area contributed by atoms with Crippen LogP contribution < -0.4 is 5.32 Å². The number of nitrogens with one attached hydrogen (secondary N) is 1. The Morgan fingerprint density at radius 1 is 1.35 bits per heavy atom. The summed E-state index contributed by atoms with van der Waals surface area (Å²) in [5.74, 6) is -0.997. The summed E-state index contributed by atoms with van der Waals surface area (Å²) in [6, 6.07) is 7.75. The zero-order valence-electron chi connectivity index (χ0n) is 14.7. The highest BCUT2D eigenvalue weighted by Crippen LogP contribution is 2.23. The molecule has 0 atom stereocenters. The molecular weight excluding hydrogens is 354 g/mol. The van der Waals surface area contributed by atoms with Gasteiger partial charge in [-0.15, -0.1) is 5.10 Å². The largest absolute Gasteiger partial charge is 0.466 e. The number of rotatable bonds is 8. The first-order valence-electron chi connectivity index (χ1n) is 8.19. The first-order chi connectivity index (χ1) is 12.6. The second-order valence-corrected chi connectivity index (χ2v) is 6.37. The van der Waals surface area contributed by atoms with E-state index in [0.29, 0.717) is 11.8 Å². The Hall–Kier alpha value is -2.45. The van der Waals surface area contributed by atoms with Gasteiger partial charge in [-0.25, -0.2) is 4.79 Å². The van der Waals surface area contributed by atoms with Gasteiger partial charge in [-0.2, -0.15) is 5.10 Å². The number of carbonyl (C=O) groups excluding carboxylic acids is 2. The standard InChI is InChI=1S/C18H21N3O4S/c1-3-4-9-25-12-14-8-6-5-7-13(14)11-19-21-18-20-17(23)15(26-18)10-16(22)24-2/h5-8,10-11H,3-4,9,12H2,1-2H3,(H,20,21,23)/b15-10+,19-11?.